The molecule has 38 heteroatoms. The van der Waals surface area contributed by atoms with Gasteiger partial charge in [0.1, 0.15) is 60.1 Å². The summed E-state index contributed by atoms with van der Waals surface area (Å²) < 4.78 is 0. The number of nitrogens with two attached hydrogens (primary N) is 6. The maximum atomic E-state index is 14.2. The number of rotatable bonds is 39. The summed E-state index contributed by atoms with van der Waals surface area (Å²) in [5.74, 6) is -14.4. The van der Waals surface area contributed by atoms with Crippen molar-refractivity contribution in [2.45, 2.75) is 138 Å². The van der Waals surface area contributed by atoms with E-state index in [1.807, 2.05) is 0 Å². The van der Waals surface area contributed by atoms with Crippen LogP contribution in [0.15, 0.2) is 34.3 Å². The number of carboxylic acid groups (broad SMARTS) is 1. The number of nitrogens with zero attached hydrogens (tertiary/aromatic N) is 3. The number of hydrogen-bond acceptors (Lipinski definition) is 21. The van der Waals surface area contributed by atoms with Gasteiger partial charge >= 0.3 is 5.97 Å². The van der Waals surface area contributed by atoms with E-state index in [-0.39, 0.29) is 82.2 Å². The number of carboxylic acids is 1. The molecule has 1 heterocycles. The van der Waals surface area contributed by atoms with Crippen LogP contribution in [-0.2, 0) is 68.7 Å². The summed E-state index contributed by atoms with van der Waals surface area (Å²) in [6.07, 6.45) is -2.67. The highest BCUT2D eigenvalue weighted by molar-refractivity contribution is 5.99. The second-order valence-electron chi connectivity index (χ2n) is 20.3. The van der Waals surface area contributed by atoms with Gasteiger partial charge in [0, 0.05) is 32.5 Å². The minimum absolute atomic E-state index is 0.0206. The van der Waals surface area contributed by atoms with Crippen LogP contribution < -0.4 is 87.6 Å². The number of likely N-dealkylation sites (tertiary alicyclic amines) is 1. The Balaban J connectivity index is 2.27. The summed E-state index contributed by atoms with van der Waals surface area (Å²) in [6.45, 7) is -2.54. The molecule has 1 aliphatic rings. The topological polar surface area (TPSA) is 648 Å². The minimum atomic E-state index is -1.93. The molecule has 1 saturated heterocycles. The number of guanidine groups is 2. The quantitative estimate of drug-likeness (QED) is 0.0165. The molecule has 0 spiro atoms. The average molecular weight is 1270 g/mol. The van der Waals surface area contributed by atoms with Crippen molar-refractivity contribution in [2.24, 2.45) is 44.4 Å². The fourth-order valence-corrected chi connectivity index (χ4v) is 8.48. The first-order chi connectivity index (χ1) is 42.0. The number of carbonyl (C=O) groups excluding carboxylic acids is 12. The summed E-state index contributed by atoms with van der Waals surface area (Å²) in [7, 11) is 0. The average Bonchev–Trinajstić information content (AvgIpc) is 2.22. The van der Waals surface area contributed by atoms with E-state index in [4.69, 9.17) is 34.4 Å². The summed E-state index contributed by atoms with van der Waals surface area (Å²) >= 11 is 0. The molecule has 496 valence electrons. The third kappa shape index (κ3) is 27.0. The van der Waals surface area contributed by atoms with Gasteiger partial charge in [-0.2, -0.15) is 0 Å². The molecule has 38 nitrogen and oxygen atoms in total. The molecule has 28 N–H and O–H groups in total. The van der Waals surface area contributed by atoms with Crippen LogP contribution in [0.3, 0.4) is 0 Å². The Labute approximate surface area is 509 Å². The molecule has 1 fully saturated rings. The number of aromatic hydroxyl groups is 1. The lowest BCUT2D eigenvalue weighted by atomic mass is 10.0. The van der Waals surface area contributed by atoms with Crippen LogP contribution in [0, 0.1) is 0 Å². The number of hydrogen-bond donors (Lipinski definition) is 22. The van der Waals surface area contributed by atoms with Gasteiger partial charge in [0.05, 0.1) is 39.0 Å². The van der Waals surface area contributed by atoms with E-state index in [1.54, 1.807) is 0 Å². The molecule has 1 aromatic rings. The van der Waals surface area contributed by atoms with Crippen molar-refractivity contribution in [3.8, 4) is 5.75 Å². The molecule has 0 aromatic heterocycles. The highest BCUT2D eigenvalue weighted by Gasteiger charge is 2.40. The smallest absolute Gasteiger partial charge is 0.328 e. The zero-order chi connectivity index (χ0) is 67.1. The first kappa shape index (κ1) is 75.6. The fraction of sp³-hybridized carbons (Fsp3) is 0.588. The lowest BCUT2D eigenvalue weighted by molar-refractivity contribution is -0.145. The summed E-state index contributed by atoms with van der Waals surface area (Å²) in [6, 6.07) is -10.4. The van der Waals surface area contributed by atoms with E-state index >= 15 is 0 Å². The van der Waals surface area contributed by atoms with Crippen molar-refractivity contribution in [3.05, 3.63) is 29.8 Å². The molecule has 12 amide bonds. The molecular weight excluding hydrogens is 1180 g/mol. The lowest BCUT2D eigenvalue weighted by Gasteiger charge is -2.30. The number of carbonyl (C=O) groups is 13. The number of phenols is 1. The molecule has 89 heavy (non-hydrogen) atoms. The van der Waals surface area contributed by atoms with Gasteiger partial charge in [-0.3, -0.25) is 67.5 Å². The van der Waals surface area contributed by atoms with Crippen LogP contribution in [0.5, 0.6) is 5.75 Å². The number of aliphatic imine (C=N–C) groups is 2. The van der Waals surface area contributed by atoms with Crippen LogP contribution in [0.2, 0.25) is 0 Å². The van der Waals surface area contributed by atoms with Gasteiger partial charge < -0.3 is 123 Å². The molecule has 0 saturated carbocycles. The predicted molar refractivity (Wildman–Crippen MR) is 310 cm³/mol. The van der Waals surface area contributed by atoms with Gasteiger partial charge in [-0.1, -0.05) is 12.1 Å². The maximum Gasteiger partial charge on any atom is 0.328 e. The number of aliphatic carboxylic acids is 1. The van der Waals surface area contributed by atoms with E-state index in [2.05, 4.69) is 63.2 Å². The standard InChI is InChI=1S/C51H83N19O19/c1-24(48(87)70-17-5-8-35(70)47(86)66-30(13-14-36(53)76)43(82)69-39(25(2)74)49(88)89)61-41(80)28(6-3-15-58-50(54)55)64-42(81)29(7-4-16-59-51(56)57)65-45(84)33(22-72)68-46(85)34(23-73)67-44(83)32(21-71)63-38(78)20-60-40(79)31(62-37(77)19-52)18-26-9-11-27(75)12-10-26/h9-12,24-25,28-35,39,71-75H,3-8,13-23,52H2,1-2H3,(H2,53,76)(H,60,79)(H,61,80)(H,62,77)(H,63,78)(H,64,81)(H,65,84)(H,66,86)(H,67,83)(H,68,85)(H,69,82)(H,88,89)(H4,54,55,58)(H4,56,57,59). The highest BCUT2D eigenvalue weighted by atomic mass is 16.4. The number of primary amides is 1. The first-order valence-corrected chi connectivity index (χ1v) is 27.9. The number of benzene rings is 1. The third-order valence-corrected chi connectivity index (χ3v) is 13.2. The number of phenolic OH excluding ortho intramolecular Hbond substituents is 1. The van der Waals surface area contributed by atoms with Crippen molar-refractivity contribution in [1.82, 2.24) is 58.1 Å². The Bertz CT molecular complexity index is 2690. The van der Waals surface area contributed by atoms with E-state index in [1.165, 1.54) is 31.2 Å². The van der Waals surface area contributed by atoms with Gasteiger partial charge in [0.25, 0.3) is 0 Å². The normalized spacial score (nSPS) is 15.9. The van der Waals surface area contributed by atoms with Crippen molar-refractivity contribution >= 4 is 88.8 Å². The van der Waals surface area contributed by atoms with Crippen molar-refractivity contribution in [1.29, 1.82) is 0 Å². The zero-order valence-electron chi connectivity index (χ0n) is 49.0. The Hall–Kier alpha value is -9.53. The molecule has 1 aromatic carbocycles. The van der Waals surface area contributed by atoms with Gasteiger partial charge in [-0.15, -0.1) is 0 Å². The molecular formula is C51H83N19O19. The number of amides is 12. The summed E-state index contributed by atoms with van der Waals surface area (Å²) in [5.41, 5.74) is 33.0. The molecule has 0 bridgehead atoms. The first-order valence-electron chi connectivity index (χ1n) is 27.9. The Morgan fingerprint density at radius 1 is 0.584 bits per heavy atom. The van der Waals surface area contributed by atoms with Crippen LogP contribution >= 0.6 is 0 Å². The number of nitrogens with one attached hydrogen (secondary N) is 10. The summed E-state index contributed by atoms with van der Waals surface area (Å²) in [5, 5.41) is 82.1. The Kier molecular flexibility index (Phi) is 32.8. The molecule has 11 unspecified atom stereocenters. The van der Waals surface area contributed by atoms with Crippen LogP contribution in [0.25, 0.3) is 0 Å². The predicted octanol–water partition coefficient (Wildman–Crippen LogP) is -11.8. The van der Waals surface area contributed by atoms with Gasteiger partial charge in [-0.05, 0) is 76.5 Å². The molecule has 0 radical (unpaired) electrons. The minimum Gasteiger partial charge on any atom is -0.508 e. The second kappa shape index (κ2) is 38.6. The van der Waals surface area contributed by atoms with Crippen molar-refractivity contribution in [2.75, 3.05) is 52.5 Å². The van der Waals surface area contributed by atoms with E-state index < -0.39 is 189 Å². The van der Waals surface area contributed by atoms with E-state index in [9.17, 15) is 93.0 Å². The third-order valence-electron chi connectivity index (χ3n) is 13.2. The van der Waals surface area contributed by atoms with Crippen molar-refractivity contribution < 1.29 is 93.0 Å². The fourth-order valence-electron chi connectivity index (χ4n) is 8.48. The second-order valence-corrected chi connectivity index (χ2v) is 20.3. The number of aliphatic hydroxyl groups excluding tert-OH is 4. The van der Waals surface area contributed by atoms with Crippen LogP contribution in [0.4, 0.5) is 0 Å². The molecule has 2 rings (SSSR count). The molecule has 1 aliphatic heterocycles. The van der Waals surface area contributed by atoms with Gasteiger partial charge in [-0.25, -0.2) is 4.79 Å². The molecule has 11 atom stereocenters. The monoisotopic (exact) mass is 1270 g/mol. The van der Waals surface area contributed by atoms with Crippen LogP contribution in [-0.4, -0.2) is 243 Å². The van der Waals surface area contributed by atoms with E-state index in [0.29, 0.717) is 5.56 Å². The lowest BCUT2D eigenvalue weighted by Crippen LogP contribution is -2.61. The molecule has 0 aliphatic carbocycles. The van der Waals surface area contributed by atoms with E-state index in [0.717, 1.165) is 11.8 Å². The summed E-state index contributed by atoms with van der Waals surface area (Å²) in [4.78, 5) is 180. The Morgan fingerprint density at radius 2 is 1.03 bits per heavy atom. The zero-order valence-corrected chi connectivity index (χ0v) is 49.0. The SMILES string of the molecule is CC(NC(=O)C(CCCN=C(N)N)NC(=O)C(CCCN=C(N)N)NC(=O)C(CO)NC(=O)C(CO)NC(=O)C(CO)NC(=O)CNC(=O)C(Cc1ccc(O)cc1)NC(=O)CN)C(=O)N1CCCC1C(=O)NC(CCC(N)=O)C(=O)NC(C(=O)O)C(C)O. The van der Waals surface area contributed by atoms with Gasteiger partial charge in [0.15, 0.2) is 18.0 Å². The van der Waals surface area contributed by atoms with Crippen molar-refractivity contribution in [3.63, 3.8) is 0 Å². The van der Waals surface area contributed by atoms with Gasteiger partial charge in [0.2, 0.25) is 70.9 Å². The maximum absolute atomic E-state index is 14.2. The number of aliphatic hydroxyl groups is 4. The highest BCUT2D eigenvalue weighted by Crippen LogP contribution is 2.20. The van der Waals surface area contributed by atoms with Crippen LogP contribution in [0.1, 0.15) is 70.8 Å². The largest absolute Gasteiger partial charge is 0.508 e. The Morgan fingerprint density at radius 3 is 1.49 bits per heavy atom.